The van der Waals surface area contributed by atoms with Crippen LogP contribution < -0.4 is 16.4 Å². The molecule has 7 nitrogen and oxygen atoms in total. The van der Waals surface area contributed by atoms with Crippen molar-refractivity contribution >= 4 is 17.8 Å². The van der Waals surface area contributed by atoms with Gasteiger partial charge in [-0.2, -0.15) is 0 Å². The van der Waals surface area contributed by atoms with E-state index in [-0.39, 0.29) is 25.4 Å². The van der Waals surface area contributed by atoms with Crippen molar-refractivity contribution in [2.75, 3.05) is 6.54 Å². The van der Waals surface area contributed by atoms with Crippen LogP contribution in [0.25, 0.3) is 0 Å². The number of primary amides is 1. The highest BCUT2D eigenvalue weighted by Crippen LogP contribution is 1.97. The number of carbonyl (C=O) groups is 3. The quantitative estimate of drug-likeness (QED) is 0.429. The Morgan fingerprint density at radius 3 is 2.29 bits per heavy atom. The zero-order chi connectivity index (χ0) is 13.4. The first-order chi connectivity index (χ1) is 7.82. The highest BCUT2D eigenvalue weighted by atomic mass is 16.4. The lowest BCUT2D eigenvalue weighted by molar-refractivity contribution is -0.142. The van der Waals surface area contributed by atoms with E-state index in [1.165, 1.54) is 0 Å². The molecular formula is C10H19N3O4. The van der Waals surface area contributed by atoms with Gasteiger partial charge in [-0.15, -0.1) is 0 Å². The summed E-state index contributed by atoms with van der Waals surface area (Å²) in [6, 6.07) is -0.946. The number of hydrogen-bond acceptors (Lipinski definition) is 4. The molecule has 17 heavy (non-hydrogen) atoms. The van der Waals surface area contributed by atoms with Gasteiger partial charge in [0, 0.05) is 12.5 Å². The molecule has 1 atom stereocenters. The molecule has 0 rings (SSSR count). The van der Waals surface area contributed by atoms with Crippen LogP contribution in [0.2, 0.25) is 0 Å². The first-order valence-corrected chi connectivity index (χ1v) is 5.36. The fraction of sp³-hybridized carbons (Fsp3) is 0.700. The van der Waals surface area contributed by atoms with Crippen molar-refractivity contribution in [3.63, 3.8) is 0 Å². The Hall–Kier alpha value is -1.63. The minimum Gasteiger partial charge on any atom is -0.480 e. The van der Waals surface area contributed by atoms with Crippen LogP contribution in [0.15, 0.2) is 0 Å². The Morgan fingerprint density at radius 1 is 1.29 bits per heavy atom. The average Bonchev–Trinajstić information content (AvgIpc) is 2.20. The Labute approximate surface area is 99.7 Å². The second kappa shape index (κ2) is 7.61. The lowest BCUT2D eigenvalue weighted by atomic mass is 10.1. The zero-order valence-corrected chi connectivity index (χ0v) is 10.0. The molecule has 0 fully saturated rings. The highest BCUT2D eigenvalue weighted by molar-refractivity contribution is 5.85. The van der Waals surface area contributed by atoms with E-state index in [1.54, 1.807) is 0 Å². The zero-order valence-electron chi connectivity index (χ0n) is 10.0. The molecule has 0 aromatic rings. The summed E-state index contributed by atoms with van der Waals surface area (Å²) in [7, 11) is 0. The third-order valence-electron chi connectivity index (χ3n) is 1.98. The van der Waals surface area contributed by atoms with E-state index >= 15 is 0 Å². The van der Waals surface area contributed by atoms with Crippen LogP contribution >= 0.6 is 0 Å². The largest absolute Gasteiger partial charge is 0.480 e. The Bertz CT molecular complexity index is 291. The first kappa shape index (κ1) is 15.4. The van der Waals surface area contributed by atoms with Gasteiger partial charge in [-0.3, -0.25) is 9.59 Å². The van der Waals surface area contributed by atoms with Crippen molar-refractivity contribution < 1.29 is 19.5 Å². The first-order valence-electron chi connectivity index (χ1n) is 5.36. The molecule has 0 aliphatic heterocycles. The normalized spacial score (nSPS) is 12.2. The smallest absolute Gasteiger partial charge is 0.326 e. The molecule has 0 heterocycles. The molecular weight excluding hydrogens is 226 g/mol. The van der Waals surface area contributed by atoms with E-state index in [2.05, 4.69) is 10.6 Å². The van der Waals surface area contributed by atoms with Crippen molar-refractivity contribution in [1.82, 2.24) is 10.6 Å². The molecule has 0 saturated heterocycles. The van der Waals surface area contributed by atoms with Gasteiger partial charge in [0.05, 0.1) is 6.54 Å². The summed E-state index contributed by atoms with van der Waals surface area (Å²) < 4.78 is 0. The van der Waals surface area contributed by atoms with Crippen molar-refractivity contribution in [1.29, 1.82) is 0 Å². The van der Waals surface area contributed by atoms with Crippen LogP contribution in [-0.2, 0) is 14.4 Å². The number of carboxylic acid groups (broad SMARTS) is 1. The lowest BCUT2D eigenvalue weighted by Gasteiger charge is -2.14. The van der Waals surface area contributed by atoms with Crippen LogP contribution in [-0.4, -0.2) is 41.5 Å². The summed E-state index contributed by atoms with van der Waals surface area (Å²) >= 11 is 0. The van der Waals surface area contributed by atoms with Gasteiger partial charge in [-0.05, 0) is 6.42 Å². The van der Waals surface area contributed by atoms with Gasteiger partial charge in [-0.1, -0.05) is 13.8 Å². The van der Waals surface area contributed by atoms with Crippen molar-refractivity contribution in [2.45, 2.75) is 38.8 Å². The standard InChI is InChI=1S/C10H19N3O4/c1-6(2)12-5-9(15)13-7(10(16)17)3-4-8(11)14/h6-7,12H,3-5H2,1-2H3,(H2,11,14)(H,13,15)(H,16,17). The van der Waals surface area contributed by atoms with Crippen LogP contribution in [0, 0.1) is 0 Å². The molecule has 5 N–H and O–H groups in total. The SMILES string of the molecule is CC(C)NCC(=O)NC(CCC(N)=O)C(=O)O. The monoisotopic (exact) mass is 245 g/mol. The molecule has 0 aliphatic rings. The van der Waals surface area contributed by atoms with E-state index in [0.29, 0.717) is 0 Å². The van der Waals surface area contributed by atoms with Crippen LogP contribution in [0.1, 0.15) is 26.7 Å². The molecule has 0 saturated carbocycles. The maximum absolute atomic E-state index is 11.4. The Balaban J connectivity index is 4.11. The molecule has 0 radical (unpaired) electrons. The number of hydrogen-bond donors (Lipinski definition) is 4. The van der Waals surface area contributed by atoms with Gasteiger partial charge >= 0.3 is 5.97 Å². The van der Waals surface area contributed by atoms with Crippen molar-refractivity contribution in [3.05, 3.63) is 0 Å². The second-order valence-corrected chi connectivity index (χ2v) is 4.00. The van der Waals surface area contributed by atoms with E-state index in [1.807, 2.05) is 13.8 Å². The molecule has 2 amide bonds. The minimum absolute atomic E-state index is 0.00190. The van der Waals surface area contributed by atoms with Crippen LogP contribution in [0.5, 0.6) is 0 Å². The van der Waals surface area contributed by atoms with Crippen molar-refractivity contribution in [2.24, 2.45) is 5.73 Å². The van der Waals surface area contributed by atoms with Crippen molar-refractivity contribution in [3.8, 4) is 0 Å². The fourth-order valence-corrected chi connectivity index (χ4v) is 1.09. The van der Waals surface area contributed by atoms with E-state index < -0.39 is 23.8 Å². The Kier molecular flexibility index (Phi) is 6.88. The maximum Gasteiger partial charge on any atom is 0.326 e. The predicted octanol–water partition coefficient (Wildman–Crippen LogP) is -1.18. The van der Waals surface area contributed by atoms with Gasteiger partial charge in [0.25, 0.3) is 0 Å². The molecule has 0 aromatic heterocycles. The number of nitrogens with two attached hydrogens (primary N) is 1. The average molecular weight is 245 g/mol. The number of aliphatic carboxylic acids is 1. The number of nitrogens with one attached hydrogen (secondary N) is 2. The highest BCUT2D eigenvalue weighted by Gasteiger charge is 2.20. The van der Waals surface area contributed by atoms with Gasteiger partial charge in [0.2, 0.25) is 11.8 Å². The molecule has 0 aliphatic carbocycles. The summed E-state index contributed by atoms with van der Waals surface area (Å²) in [6.07, 6.45) is -0.0764. The predicted molar refractivity (Wildman–Crippen MR) is 61.1 cm³/mol. The van der Waals surface area contributed by atoms with Gasteiger partial charge < -0.3 is 21.5 Å². The molecule has 0 aromatic carbocycles. The van der Waals surface area contributed by atoms with E-state index in [9.17, 15) is 14.4 Å². The maximum atomic E-state index is 11.4. The summed E-state index contributed by atoms with van der Waals surface area (Å²) in [5, 5.41) is 14.0. The molecule has 7 heteroatoms. The molecule has 0 spiro atoms. The van der Waals surface area contributed by atoms with E-state index in [4.69, 9.17) is 10.8 Å². The number of carbonyl (C=O) groups excluding carboxylic acids is 2. The number of amides is 2. The lowest BCUT2D eigenvalue weighted by Crippen LogP contribution is -2.45. The summed E-state index contributed by atoms with van der Waals surface area (Å²) in [5.74, 6) is -2.19. The summed E-state index contributed by atoms with van der Waals surface area (Å²) in [5.41, 5.74) is 4.91. The van der Waals surface area contributed by atoms with E-state index in [0.717, 1.165) is 0 Å². The third kappa shape index (κ3) is 8.21. The molecule has 0 bridgehead atoms. The van der Waals surface area contributed by atoms with Crippen LogP contribution in [0.4, 0.5) is 0 Å². The third-order valence-corrected chi connectivity index (χ3v) is 1.98. The minimum atomic E-state index is -1.18. The van der Waals surface area contributed by atoms with Gasteiger partial charge in [-0.25, -0.2) is 4.79 Å². The molecule has 1 unspecified atom stereocenters. The van der Waals surface area contributed by atoms with Gasteiger partial charge in [0.1, 0.15) is 6.04 Å². The molecule has 98 valence electrons. The topological polar surface area (TPSA) is 122 Å². The number of carboxylic acids is 1. The summed E-state index contributed by atoms with van der Waals surface area (Å²) in [6.45, 7) is 3.78. The number of rotatable bonds is 8. The summed E-state index contributed by atoms with van der Waals surface area (Å²) in [4.78, 5) is 32.7. The Morgan fingerprint density at radius 2 is 1.88 bits per heavy atom. The second-order valence-electron chi connectivity index (χ2n) is 4.00. The fourth-order valence-electron chi connectivity index (χ4n) is 1.09. The van der Waals surface area contributed by atoms with Crippen LogP contribution in [0.3, 0.4) is 0 Å². The van der Waals surface area contributed by atoms with Gasteiger partial charge in [0.15, 0.2) is 0 Å².